The lowest BCUT2D eigenvalue weighted by Crippen LogP contribution is -2.18. The highest BCUT2D eigenvalue weighted by molar-refractivity contribution is 5.84. The number of hydrogen-bond acceptors (Lipinski definition) is 1. The molecule has 20 heavy (non-hydrogen) atoms. The topological polar surface area (TPSA) is 22.0 Å². The van der Waals surface area contributed by atoms with Crippen LogP contribution < -0.4 is 5.56 Å². The molecule has 0 aliphatic carbocycles. The average Bonchev–Trinajstić information content (AvgIpc) is 2.44. The second-order valence-corrected chi connectivity index (χ2v) is 4.99. The molecule has 2 nitrogen and oxygen atoms in total. The number of hydrogen-bond donors (Lipinski definition) is 0. The van der Waals surface area contributed by atoms with E-state index >= 15 is 0 Å². The van der Waals surface area contributed by atoms with E-state index in [1.165, 1.54) is 12.1 Å². The van der Waals surface area contributed by atoms with Crippen LogP contribution in [0.3, 0.4) is 0 Å². The predicted molar refractivity (Wildman–Crippen MR) is 79.3 cm³/mol. The fourth-order valence-electron chi connectivity index (χ4n) is 2.39. The molecule has 1 heterocycles. The van der Waals surface area contributed by atoms with Gasteiger partial charge < -0.3 is 4.57 Å². The van der Waals surface area contributed by atoms with E-state index in [9.17, 15) is 9.18 Å². The zero-order valence-corrected chi connectivity index (χ0v) is 11.4. The first-order chi connectivity index (χ1) is 9.56. The van der Waals surface area contributed by atoms with Gasteiger partial charge in [-0.05, 0) is 36.8 Å². The molecule has 1 aromatic heterocycles. The molecule has 0 fully saturated rings. The summed E-state index contributed by atoms with van der Waals surface area (Å²) >= 11 is 0. The van der Waals surface area contributed by atoms with E-state index in [1.54, 1.807) is 23.7 Å². The van der Waals surface area contributed by atoms with Crippen molar-refractivity contribution in [2.75, 3.05) is 0 Å². The van der Waals surface area contributed by atoms with Crippen molar-refractivity contribution < 1.29 is 4.39 Å². The van der Waals surface area contributed by atoms with Gasteiger partial charge in [0.1, 0.15) is 5.82 Å². The highest BCUT2D eigenvalue weighted by Gasteiger charge is 2.09. The van der Waals surface area contributed by atoms with Gasteiger partial charge in [0.2, 0.25) is 0 Å². The fraction of sp³-hybridized carbons (Fsp3) is 0.118. The molecule has 0 saturated heterocycles. The molecule has 0 aliphatic heterocycles. The molecule has 0 spiro atoms. The third-order valence-corrected chi connectivity index (χ3v) is 3.55. The van der Waals surface area contributed by atoms with E-state index in [2.05, 4.69) is 0 Å². The van der Waals surface area contributed by atoms with E-state index in [1.807, 2.05) is 31.2 Å². The van der Waals surface area contributed by atoms with Crippen LogP contribution in [0.4, 0.5) is 4.39 Å². The van der Waals surface area contributed by atoms with Crippen LogP contribution in [0, 0.1) is 12.7 Å². The van der Waals surface area contributed by atoms with Crippen molar-refractivity contribution in [3.8, 4) is 11.1 Å². The monoisotopic (exact) mass is 267 g/mol. The molecular formula is C17H14FNO. The summed E-state index contributed by atoms with van der Waals surface area (Å²) in [7, 11) is 1.71. The Labute approximate surface area is 116 Å². The predicted octanol–water partition coefficient (Wildman–Crippen LogP) is 3.65. The van der Waals surface area contributed by atoms with Crippen LogP contribution in [0.2, 0.25) is 0 Å². The summed E-state index contributed by atoms with van der Waals surface area (Å²) in [6.45, 7) is 2.00. The Balaban J connectivity index is 2.33. The number of halogens is 1. The maximum absolute atomic E-state index is 13.4. The van der Waals surface area contributed by atoms with Crippen molar-refractivity contribution in [2.45, 2.75) is 6.92 Å². The number of pyridine rings is 1. The van der Waals surface area contributed by atoms with Crippen LogP contribution in [0.1, 0.15) is 5.56 Å². The zero-order valence-electron chi connectivity index (χ0n) is 11.4. The van der Waals surface area contributed by atoms with Gasteiger partial charge in [-0.15, -0.1) is 0 Å². The van der Waals surface area contributed by atoms with Crippen LogP contribution in [-0.2, 0) is 7.05 Å². The van der Waals surface area contributed by atoms with Crippen LogP contribution in [0.5, 0.6) is 0 Å². The Hall–Kier alpha value is -2.42. The van der Waals surface area contributed by atoms with Crippen LogP contribution in [-0.4, -0.2) is 4.57 Å². The molecule has 0 aliphatic rings. The number of benzene rings is 2. The highest BCUT2D eigenvalue weighted by atomic mass is 19.1. The standard InChI is InChI=1S/C17H14FNO/c1-11-3-5-12(6-4-11)15-10-13-9-14(18)7-8-16(13)19(2)17(15)20/h3-10H,1-2H3. The highest BCUT2D eigenvalue weighted by Crippen LogP contribution is 2.21. The second kappa shape index (κ2) is 4.60. The molecule has 0 saturated carbocycles. The van der Waals surface area contributed by atoms with E-state index < -0.39 is 0 Å². The average molecular weight is 267 g/mol. The maximum atomic E-state index is 13.4. The third kappa shape index (κ3) is 2.01. The second-order valence-electron chi connectivity index (χ2n) is 4.99. The summed E-state index contributed by atoms with van der Waals surface area (Å²) in [4.78, 5) is 12.4. The Morgan fingerprint density at radius 1 is 1.00 bits per heavy atom. The van der Waals surface area contributed by atoms with Gasteiger partial charge in [0.05, 0.1) is 5.52 Å². The quantitative estimate of drug-likeness (QED) is 0.659. The SMILES string of the molecule is Cc1ccc(-c2cc3cc(F)ccc3n(C)c2=O)cc1. The van der Waals surface area contributed by atoms with Crippen LogP contribution in [0.25, 0.3) is 22.0 Å². The lowest BCUT2D eigenvalue weighted by Gasteiger charge is -2.09. The molecule has 100 valence electrons. The van der Waals surface area contributed by atoms with Crippen molar-refractivity contribution in [2.24, 2.45) is 7.05 Å². The van der Waals surface area contributed by atoms with Gasteiger partial charge >= 0.3 is 0 Å². The summed E-state index contributed by atoms with van der Waals surface area (Å²) in [5.41, 5.74) is 3.23. The molecule has 3 heteroatoms. The minimum atomic E-state index is -0.300. The van der Waals surface area contributed by atoms with Gasteiger partial charge in [-0.2, -0.15) is 0 Å². The first kappa shape index (κ1) is 12.6. The van der Waals surface area contributed by atoms with Gasteiger partial charge in [0.15, 0.2) is 0 Å². The van der Waals surface area contributed by atoms with Crippen molar-refractivity contribution in [1.82, 2.24) is 4.57 Å². The van der Waals surface area contributed by atoms with E-state index in [4.69, 9.17) is 0 Å². The lowest BCUT2D eigenvalue weighted by atomic mass is 10.0. The lowest BCUT2D eigenvalue weighted by molar-refractivity contribution is 0.629. The number of nitrogens with zero attached hydrogens (tertiary/aromatic N) is 1. The first-order valence-corrected chi connectivity index (χ1v) is 6.42. The summed E-state index contributed by atoms with van der Waals surface area (Å²) in [5, 5.41) is 0.725. The maximum Gasteiger partial charge on any atom is 0.258 e. The molecular weight excluding hydrogens is 253 g/mol. The Morgan fingerprint density at radius 2 is 1.70 bits per heavy atom. The Bertz CT molecular complexity index is 847. The third-order valence-electron chi connectivity index (χ3n) is 3.55. The van der Waals surface area contributed by atoms with Gasteiger partial charge in [0.25, 0.3) is 5.56 Å². The Kier molecular flexibility index (Phi) is 2.90. The minimum absolute atomic E-state index is 0.0760. The summed E-state index contributed by atoms with van der Waals surface area (Å²) < 4.78 is 14.9. The zero-order chi connectivity index (χ0) is 14.3. The molecule has 0 bridgehead atoms. The molecule has 0 amide bonds. The number of fused-ring (bicyclic) bond motifs is 1. The first-order valence-electron chi connectivity index (χ1n) is 6.42. The van der Waals surface area contributed by atoms with E-state index in [0.717, 1.165) is 22.0 Å². The smallest absolute Gasteiger partial charge is 0.258 e. The van der Waals surface area contributed by atoms with Gasteiger partial charge in [-0.1, -0.05) is 29.8 Å². The summed E-state index contributed by atoms with van der Waals surface area (Å²) in [6, 6.07) is 14.0. The van der Waals surface area contributed by atoms with E-state index in [-0.39, 0.29) is 11.4 Å². The van der Waals surface area contributed by atoms with Crippen LogP contribution >= 0.6 is 0 Å². The molecule has 3 aromatic rings. The molecule has 0 atom stereocenters. The van der Waals surface area contributed by atoms with Crippen molar-refractivity contribution in [3.05, 3.63) is 70.3 Å². The molecule has 3 rings (SSSR count). The fourth-order valence-corrected chi connectivity index (χ4v) is 2.39. The van der Waals surface area contributed by atoms with Gasteiger partial charge in [-0.25, -0.2) is 4.39 Å². The van der Waals surface area contributed by atoms with Crippen molar-refractivity contribution in [3.63, 3.8) is 0 Å². The van der Waals surface area contributed by atoms with Crippen molar-refractivity contribution in [1.29, 1.82) is 0 Å². The number of rotatable bonds is 1. The number of aryl methyl sites for hydroxylation is 2. The van der Waals surface area contributed by atoms with Gasteiger partial charge in [0, 0.05) is 18.0 Å². The normalized spacial score (nSPS) is 10.9. The minimum Gasteiger partial charge on any atom is -0.311 e. The van der Waals surface area contributed by atoms with E-state index in [0.29, 0.717) is 5.56 Å². The number of aromatic nitrogens is 1. The van der Waals surface area contributed by atoms with Gasteiger partial charge in [-0.3, -0.25) is 4.79 Å². The summed E-state index contributed by atoms with van der Waals surface area (Å²) in [5.74, 6) is -0.300. The van der Waals surface area contributed by atoms with Crippen molar-refractivity contribution >= 4 is 10.9 Å². The Morgan fingerprint density at radius 3 is 2.40 bits per heavy atom. The van der Waals surface area contributed by atoms with Crippen LogP contribution in [0.15, 0.2) is 53.3 Å². The molecule has 0 radical (unpaired) electrons. The molecule has 0 N–H and O–H groups in total. The largest absolute Gasteiger partial charge is 0.311 e. The summed E-state index contributed by atoms with van der Waals surface area (Å²) in [6.07, 6.45) is 0. The molecule has 0 unspecified atom stereocenters. The molecule has 2 aromatic carbocycles.